The van der Waals surface area contributed by atoms with Crippen LogP contribution in [-0.4, -0.2) is 37.0 Å². The molecule has 0 fully saturated rings. The largest absolute Gasteiger partial charge is 0.454 e. The first kappa shape index (κ1) is 17.6. The van der Waals surface area contributed by atoms with Crippen molar-refractivity contribution in [2.45, 2.75) is 26.3 Å². The summed E-state index contributed by atoms with van der Waals surface area (Å²) in [6.45, 7) is 2.95. The summed E-state index contributed by atoms with van der Waals surface area (Å²) in [6, 6.07) is 5.07. The van der Waals surface area contributed by atoms with Crippen LogP contribution >= 0.6 is 0 Å². The number of amides is 2. The van der Waals surface area contributed by atoms with Gasteiger partial charge in [-0.25, -0.2) is 4.39 Å². The summed E-state index contributed by atoms with van der Waals surface area (Å²) in [7, 11) is 0. The van der Waals surface area contributed by atoms with E-state index in [-0.39, 0.29) is 11.6 Å². The van der Waals surface area contributed by atoms with Crippen molar-refractivity contribution in [3.63, 3.8) is 0 Å². The first-order valence-corrected chi connectivity index (χ1v) is 6.91. The molecule has 1 rings (SSSR count). The third-order valence-electron chi connectivity index (χ3n) is 2.86. The van der Waals surface area contributed by atoms with Crippen molar-refractivity contribution < 1.29 is 23.5 Å². The average Bonchev–Trinajstić information content (AvgIpc) is 2.50. The molecule has 0 aliphatic heterocycles. The van der Waals surface area contributed by atoms with Crippen LogP contribution in [-0.2, 0) is 14.3 Å². The van der Waals surface area contributed by atoms with Crippen LogP contribution in [0.5, 0.6) is 0 Å². The Morgan fingerprint density at radius 2 is 2.05 bits per heavy atom. The summed E-state index contributed by atoms with van der Waals surface area (Å²) in [4.78, 5) is 34.5. The normalized spacial score (nSPS) is 11.4. The lowest BCUT2D eigenvalue weighted by atomic mass is 10.2. The number of halogens is 1. The number of nitrogens with one attached hydrogen (secondary N) is 2. The van der Waals surface area contributed by atoms with Crippen LogP contribution in [0.15, 0.2) is 24.3 Å². The van der Waals surface area contributed by atoms with Crippen LogP contribution < -0.4 is 10.6 Å². The molecule has 0 bridgehead atoms. The van der Waals surface area contributed by atoms with E-state index >= 15 is 0 Å². The van der Waals surface area contributed by atoms with Crippen molar-refractivity contribution >= 4 is 17.8 Å². The number of rotatable bonds is 7. The fraction of sp³-hybridized carbons (Fsp3) is 0.400. The minimum Gasteiger partial charge on any atom is -0.454 e. The van der Waals surface area contributed by atoms with Crippen LogP contribution in [0.3, 0.4) is 0 Å². The van der Waals surface area contributed by atoms with Gasteiger partial charge in [-0.2, -0.15) is 0 Å². The van der Waals surface area contributed by atoms with Gasteiger partial charge >= 0.3 is 5.97 Å². The number of hydrogen-bond donors (Lipinski definition) is 2. The third-order valence-corrected chi connectivity index (χ3v) is 2.86. The van der Waals surface area contributed by atoms with Gasteiger partial charge in [0.15, 0.2) is 6.61 Å². The fourth-order valence-electron chi connectivity index (χ4n) is 1.50. The number of hydrogen-bond acceptors (Lipinski definition) is 4. The van der Waals surface area contributed by atoms with Crippen LogP contribution in [0, 0.1) is 5.82 Å². The molecule has 22 heavy (non-hydrogen) atoms. The second kappa shape index (κ2) is 8.76. The van der Waals surface area contributed by atoms with Gasteiger partial charge in [-0.15, -0.1) is 0 Å². The molecule has 6 nitrogen and oxygen atoms in total. The zero-order valence-corrected chi connectivity index (χ0v) is 12.5. The van der Waals surface area contributed by atoms with Crippen molar-refractivity contribution in [2.75, 3.05) is 13.2 Å². The molecule has 0 unspecified atom stereocenters. The minimum absolute atomic E-state index is 0.00104. The van der Waals surface area contributed by atoms with Gasteiger partial charge in [0, 0.05) is 11.6 Å². The molecule has 0 aromatic heterocycles. The fourth-order valence-corrected chi connectivity index (χ4v) is 1.50. The number of ether oxygens (including phenoxy) is 1. The lowest BCUT2D eigenvalue weighted by molar-refractivity contribution is -0.147. The number of benzene rings is 1. The second-order valence-corrected chi connectivity index (χ2v) is 4.73. The predicted octanol–water partition coefficient (Wildman–Crippen LogP) is 1.01. The molecule has 0 aliphatic rings. The molecule has 0 radical (unpaired) electrons. The lowest BCUT2D eigenvalue weighted by Gasteiger charge is -2.11. The van der Waals surface area contributed by atoms with Crippen molar-refractivity contribution in [2.24, 2.45) is 0 Å². The topological polar surface area (TPSA) is 84.5 Å². The summed E-state index contributed by atoms with van der Waals surface area (Å²) in [5.74, 6) is -2.29. The quantitative estimate of drug-likeness (QED) is 0.736. The van der Waals surface area contributed by atoms with Crippen LogP contribution in [0.4, 0.5) is 4.39 Å². The molecule has 0 spiro atoms. The number of carbonyl (C=O) groups is 3. The van der Waals surface area contributed by atoms with E-state index in [1.165, 1.54) is 18.2 Å². The van der Waals surface area contributed by atoms with E-state index in [0.717, 1.165) is 12.5 Å². The summed E-state index contributed by atoms with van der Waals surface area (Å²) >= 11 is 0. The Hall–Kier alpha value is -2.44. The van der Waals surface area contributed by atoms with Gasteiger partial charge in [0.1, 0.15) is 12.4 Å². The predicted molar refractivity (Wildman–Crippen MR) is 77.6 cm³/mol. The van der Waals surface area contributed by atoms with Gasteiger partial charge in [0.2, 0.25) is 0 Å². The number of carbonyl (C=O) groups excluding carboxylic acids is 3. The molecule has 1 aromatic carbocycles. The Kier molecular flexibility index (Phi) is 7.01. The standard InChI is InChI=1S/C15H19FN2O4/c1-3-10(2)18-13(19)9-22-14(20)8-17-15(21)11-5-4-6-12(16)7-11/h4-7,10H,3,8-9H2,1-2H3,(H,17,21)(H,18,19)/t10-/m1/s1. The summed E-state index contributed by atoms with van der Waals surface area (Å²) in [6.07, 6.45) is 0.767. The van der Waals surface area contributed by atoms with E-state index in [2.05, 4.69) is 10.6 Å². The van der Waals surface area contributed by atoms with Crippen LogP contribution in [0.25, 0.3) is 0 Å². The SMILES string of the molecule is CC[C@@H](C)NC(=O)COC(=O)CNC(=O)c1cccc(F)c1. The molecule has 2 N–H and O–H groups in total. The van der Waals surface area contributed by atoms with Gasteiger partial charge < -0.3 is 15.4 Å². The zero-order valence-electron chi connectivity index (χ0n) is 12.5. The molecule has 1 atom stereocenters. The van der Waals surface area contributed by atoms with Crippen LogP contribution in [0.1, 0.15) is 30.6 Å². The third kappa shape index (κ3) is 6.34. The smallest absolute Gasteiger partial charge is 0.325 e. The zero-order chi connectivity index (χ0) is 16.5. The highest BCUT2D eigenvalue weighted by Crippen LogP contribution is 2.02. The monoisotopic (exact) mass is 310 g/mol. The Labute approximate surface area is 128 Å². The van der Waals surface area contributed by atoms with Crippen molar-refractivity contribution in [3.05, 3.63) is 35.6 Å². The molecule has 0 aliphatic carbocycles. The maximum Gasteiger partial charge on any atom is 0.325 e. The molecule has 0 heterocycles. The second-order valence-electron chi connectivity index (χ2n) is 4.73. The Balaban J connectivity index is 2.31. The van der Waals surface area contributed by atoms with E-state index in [4.69, 9.17) is 4.74 Å². The highest BCUT2D eigenvalue weighted by molar-refractivity contribution is 5.96. The van der Waals surface area contributed by atoms with Gasteiger partial charge in [-0.3, -0.25) is 14.4 Å². The molecular weight excluding hydrogens is 291 g/mol. The lowest BCUT2D eigenvalue weighted by Crippen LogP contribution is -2.37. The molecular formula is C15H19FN2O4. The molecule has 2 amide bonds. The Bertz CT molecular complexity index is 548. The van der Waals surface area contributed by atoms with Crippen LogP contribution in [0.2, 0.25) is 0 Å². The first-order valence-electron chi connectivity index (χ1n) is 6.91. The van der Waals surface area contributed by atoms with Crippen molar-refractivity contribution in [1.29, 1.82) is 0 Å². The molecule has 0 saturated carbocycles. The van der Waals surface area contributed by atoms with E-state index in [9.17, 15) is 18.8 Å². The maximum atomic E-state index is 13.0. The molecule has 7 heteroatoms. The van der Waals surface area contributed by atoms with E-state index in [1.807, 2.05) is 13.8 Å². The van der Waals surface area contributed by atoms with Gasteiger partial charge in [-0.05, 0) is 31.5 Å². The summed E-state index contributed by atoms with van der Waals surface area (Å²) in [5.41, 5.74) is 0.0994. The van der Waals surface area contributed by atoms with E-state index in [1.54, 1.807) is 0 Å². The molecule has 120 valence electrons. The highest BCUT2D eigenvalue weighted by Gasteiger charge is 2.12. The summed E-state index contributed by atoms with van der Waals surface area (Å²) < 4.78 is 17.7. The van der Waals surface area contributed by atoms with Crippen molar-refractivity contribution in [3.8, 4) is 0 Å². The van der Waals surface area contributed by atoms with Gasteiger partial charge in [0.25, 0.3) is 11.8 Å². The Morgan fingerprint density at radius 3 is 2.68 bits per heavy atom. The number of esters is 1. The van der Waals surface area contributed by atoms with Crippen molar-refractivity contribution in [1.82, 2.24) is 10.6 Å². The molecule has 1 aromatic rings. The van der Waals surface area contributed by atoms with E-state index < -0.39 is 36.8 Å². The first-order chi connectivity index (χ1) is 10.4. The minimum atomic E-state index is -0.746. The maximum absolute atomic E-state index is 13.0. The van der Waals surface area contributed by atoms with Gasteiger partial charge in [0.05, 0.1) is 0 Å². The Morgan fingerprint density at radius 1 is 1.32 bits per heavy atom. The summed E-state index contributed by atoms with van der Waals surface area (Å²) in [5, 5.41) is 4.93. The molecule has 0 saturated heterocycles. The van der Waals surface area contributed by atoms with Gasteiger partial charge in [-0.1, -0.05) is 13.0 Å². The highest BCUT2D eigenvalue weighted by atomic mass is 19.1. The van der Waals surface area contributed by atoms with E-state index in [0.29, 0.717) is 0 Å². The average molecular weight is 310 g/mol.